The van der Waals surface area contributed by atoms with Crippen LogP contribution in [0.25, 0.3) is 0 Å². The number of rotatable bonds is 17. The van der Waals surface area contributed by atoms with Crippen LogP contribution in [0.5, 0.6) is 5.75 Å². The molecule has 0 saturated heterocycles. The number of ether oxygens (including phenoxy) is 1. The molecule has 0 spiro atoms. The van der Waals surface area contributed by atoms with Crippen molar-refractivity contribution < 1.29 is 24.9 Å². The molecule has 0 bridgehead atoms. The van der Waals surface area contributed by atoms with E-state index >= 15 is 0 Å². The number of amides is 1. The van der Waals surface area contributed by atoms with Gasteiger partial charge in [-0.2, -0.15) is 0 Å². The summed E-state index contributed by atoms with van der Waals surface area (Å²) in [4.78, 5) is 11.5. The Morgan fingerprint density at radius 2 is 1.74 bits per heavy atom. The van der Waals surface area contributed by atoms with Crippen LogP contribution in [-0.2, 0) is 11.2 Å². The summed E-state index contributed by atoms with van der Waals surface area (Å²) in [6, 6.07) is 7.29. The van der Waals surface area contributed by atoms with Gasteiger partial charge in [-0.15, -0.1) is 0 Å². The number of hydrogen-bond acceptors (Lipinski definition) is 5. The lowest BCUT2D eigenvalue weighted by Gasteiger charge is -2.34. The van der Waals surface area contributed by atoms with Crippen molar-refractivity contribution >= 4 is 6.09 Å². The SMILES string of the molecule is CCCC[C@H](C)[C@H](OC(N)=O)[C@@H](C)[C@H](O)[C@@H](C)C/C(C)=C\[C@H](C)[C@@H](O)[C@@H](C)/C=C\CCc1cccc(O)c1. The van der Waals surface area contributed by atoms with Crippen molar-refractivity contribution in [1.29, 1.82) is 0 Å². The molecule has 1 aromatic carbocycles. The van der Waals surface area contributed by atoms with E-state index in [1.807, 2.05) is 53.7 Å². The molecule has 0 fully saturated rings. The largest absolute Gasteiger partial charge is 0.508 e. The summed E-state index contributed by atoms with van der Waals surface area (Å²) in [5.74, 6) is 0.0614. The van der Waals surface area contributed by atoms with Crippen LogP contribution in [0.4, 0.5) is 4.79 Å². The third-order valence-electron chi connectivity index (χ3n) is 7.68. The average Bonchev–Trinajstić information content (AvgIpc) is 2.86. The van der Waals surface area contributed by atoms with Crippen molar-refractivity contribution in [2.24, 2.45) is 35.3 Å². The molecule has 38 heavy (non-hydrogen) atoms. The number of phenolic OH excluding ortho intramolecular Hbond substituents is 1. The highest BCUT2D eigenvalue weighted by molar-refractivity contribution is 5.64. The van der Waals surface area contributed by atoms with Crippen LogP contribution in [0.15, 0.2) is 48.1 Å². The van der Waals surface area contributed by atoms with Crippen molar-refractivity contribution in [3.8, 4) is 5.75 Å². The molecule has 6 nitrogen and oxygen atoms in total. The summed E-state index contributed by atoms with van der Waals surface area (Å²) in [5, 5.41) is 31.6. The Hall–Kier alpha value is -2.31. The van der Waals surface area contributed by atoms with E-state index < -0.39 is 24.4 Å². The van der Waals surface area contributed by atoms with Gasteiger partial charge in [-0.05, 0) is 62.1 Å². The molecule has 0 radical (unpaired) electrons. The van der Waals surface area contributed by atoms with Crippen LogP contribution in [-0.4, -0.2) is 39.7 Å². The molecule has 0 aliphatic heterocycles. The van der Waals surface area contributed by atoms with Crippen molar-refractivity contribution in [3.05, 3.63) is 53.6 Å². The molecule has 0 aromatic heterocycles. The number of aliphatic hydroxyl groups excluding tert-OH is 2. The monoisotopic (exact) mass is 531 g/mol. The molecular formula is C32H53NO5. The summed E-state index contributed by atoms with van der Waals surface area (Å²) in [5.41, 5.74) is 7.54. The molecule has 8 atom stereocenters. The van der Waals surface area contributed by atoms with E-state index in [0.29, 0.717) is 6.42 Å². The Balaban J connectivity index is 2.67. The van der Waals surface area contributed by atoms with Gasteiger partial charge in [0.25, 0.3) is 0 Å². The van der Waals surface area contributed by atoms with Crippen LogP contribution in [0.1, 0.15) is 86.1 Å². The summed E-state index contributed by atoms with van der Waals surface area (Å²) < 4.78 is 5.45. The molecule has 0 aliphatic rings. The number of allylic oxidation sites excluding steroid dienone is 2. The third-order valence-corrected chi connectivity index (χ3v) is 7.68. The van der Waals surface area contributed by atoms with Crippen LogP contribution < -0.4 is 5.73 Å². The Bertz CT molecular complexity index is 882. The van der Waals surface area contributed by atoms with E-state index in [1.165, 1.54) is 0 Å². The average molecular weight is 532 g/mol. The lowest BCUT2D eigenvalue weighted by atomic mass is 9.80. The van der Waals surface area contributed by atoms with Gasteiger partial charge in [0, 0.05) is 17.8 Å². The molecule has 1 aromatic rings. The van der Waals surface area contributed by atoms with Crippen molar-refractivity contribution in [2.45, 2.75) is 105 Å². The normalized spacial score (nSPS) is 18.8. The van der Waals surface area contributed by atoms with E-state index in [2.05, 4.69) is 25.2 Å². The molecule has 0 aliphatic carbocycles. The molecule has 1 amide bonds. The second-order valence-electron chi connectivity index (χ2n) is 11.4. The molecule has 0 heterocycles. The van der Waals surface area contributed by atoms with Gasteiger partial charge in [-0.3, -0.25) is 0 Å². The third kappa shape index (κ3) is 12.0. The van der Waals surface area contributed by atoms with Crippen LogP contribution in [0, 0.1) is 29.6 Å². The number of hydrogen-bond donors (Lipinski definition) is 4. The maximum atomic E-state index is 11.5. The molecule has 6 heteroatoms. The number of carbonyl (C=O) groups excluding carboxylic acids is 1. The maximum absolute atomic E-state index is 11.5. The number of benzene rings is 1. The minimum atomic E-state index is -0.800. The number of aryl methyl sites for hydroxylation is 1. The number of phenols is 1. The Labute approximate surface area is 231 Å². The molecule has 5 N–H and O–H groups in total. The second kappa shape index (κ2) is 17.3. The first-order chi connectivity index (χ1) is 17.9. The second-order valence-corrected chi connectivity index (χ2v) is 11.4. The predicted octanol–water partition coefficient (Wildman–Crippen LogP) is 6.77. The minimum absolute atomic E-state index is 0.00224. The summed E-state index contributed by atoms with van der Waals surface area (Å²) >= 11 is 0. The molecular weight excluding hydrogens is 478 g/mol. The molecule has 216 valence electrons. The van der Waals surface area contributed by atoms with Crippen LogP contribution in [0.3, 0.4) is 0 Å². The van der Waals surface area contributed by atoms with E-state index in [4.69, 9.17) is 10.5 Å². The van der Waals surface area contributed by atoms with Crippen molar-refractivity contribution in [1.82, 2.24) is 0 Å². The number of aliphatic hydroxyl groups is 2. The minimum Gasteiger partial charge on any atom is -0.508 e. The van der Waals surface area contributed by atoms with E-state index in [0.717, 1.165) is 43.2 Å². The van der Waals surface area contributed by atoms with E-state index in [9.17, 15) is 20.1 Å². The first-order valence-electron chi connectivity index (χ1n) is 14.3. The predicted molar refractivity (Wildman–Crippen MR) is 156 cm³/mol. The first-order valence-corrected chi connectivity index (χ1v) is 14.3. The Morgan fingerprint density at radius 1 is 1.05 bits per heavy atom. The lowest BCUT2D eigenvalue weighted by Crippen LogP contribution is -2.41. The van der Waals surface area contributed by atoms with Gasteiger partial charge in [0.1, 0.15) is 11.9 Å². The quantitative estimate of drug-likeness (QED) is 0.166. The Kier molecular flexibility index (Phi) is 15.4. The van der Waals surface area contributed by atoms with E-state index in [1.54, 1.807) is 12.1 Å². The molecule has 0 saturated carbocycles. The van der Waals surface area contributed by atoms with Gasteiger partial charge in [-0.25, -0.2) is 4.79 Å². The van der Waals surface area contributed by atoms with Crippen LogP contribution in [0.2, 0.25) is 0 Å². The van der Waals surface area contributed by atoms with Gasteiger partial charge in [0.05, 0.1) is 12.2 Å². The topological polar surface area (TPSA) is 113 Å². The zero-order valence-electron chi connectivity index (χ0n) is 24.6. The van der Waals surface area contributed by atoms with Crippen molar-refractivity contribution in [2.75, 3.05) is 0 Å². The smallest absolute Gasteiger partial charge is 0.404 e. The fraction of sp³-hybridized carbons (Fsp3) is 0.656. The summed E-state index contributed by atoms with van der Waals surface area (Å²) in [7, 11) is 0. The lowest BCUT2D eigenvalue weighted by molar-refractivity contribution is -0.0360. The maximum Gasteiger partial charge on any atom is 0.404 e. The van der Waals surface area contributed by atoms with E-state index in [-0.39, 0.29) is 35.3 Å². The molecule has 1 rings (SSSR count). The van der Waals surface area contributed by atoms with Gasteiger partial charge in [0.2, 0.25) is 0 Å². The summed E-state index contributed by atoms with van der Waals surface area (Å²) in [6.45, 7) is 14.2. The highest BCUT2D eigenvalue weighted by Crippen LogP contribution is 2.30. The number of primary amides is 1. The highest BCUT2D eigenvalue weighted by atomic mass is 16.6. The number of carbonyl (C=O) groups is 1. The van der Waals surface area contributed by atoms with Gasteiger partial charge in [-0.1, -0.05) is 90.3 Å². The summed E-state index contributed by atoms with van der Waals surface area (Å²) in [6.07, 6.45) is 9.21. The van der Waals surface area contributed by atoms with Gasteiger partial charge < -0.3 is 25.8 Å². The molecule has 0 unspecified atom stereocenters. The Morgan fingerprint density at radius 3 is 2.34 bits per heavy atom. The van der Waals surface area contributed by atoms with Crippen LogP contribution >= 0.6 is 0 Å². The van der Waals surface area contributed by atoms with Gasteiger partial charge >= 0.3 is 6.09 Å². The van der Waals surface area contributed by atoms with Crippen molar-refractivity contribution in [3.63, 3.8) is 0 Å². The number of unbranched alkanes of at least 4 members (excludes halogenated alkanes) is 1. The number of nitrogens with two attached hydrogens (primary N) is 1. The highest BCUT2D eigenvalue weighted by Gasteiger charge is 2.34. The first kappa shape index (κ1) is 33.7. The van der Waals surface area contributed by atoms with Gasteiger partial charge in [0.15, 0.2) is 0 Å². The zero-order chi connectivity index (χ0) is 28.8. The zero-order valence-corrected chi connectivity index (χ0v) is 24.6. The standard InChI is InChI=1S/C32H53NO5/c1-8-9-13-23(4)31(38-32(33)37)26(7)30(36)25(6)19-21(2)18-24(5)29(35)22(3)14-10-11-15-27-16-12-17-28(34)20-27/h10,12,14,16-18,20,22-26,29-31,34-36H,8-9,11,13,15,19H2,1-7H3,(H2,33,37)/b14-10-,21-18-/t22-,23-,24-,25-,26-,29-,30+,31-/m0/s1. The fourth-order valence-electron chi connectivity index (χ4n) is 5.39. The number of aromatic hydroxyl groups is 1. The fourth-order valence-corrected chi connectivity index (χ4v) is 5.39.